The summed E-state index contributed by atoms with van der Waals surface area (Å²) in [5.41, 5.74) is 5.30. The number of hydrogen-bond donors (Lipinski definition) is 1. The Morgan fingerprint density at radius 2 is 1.66 bits per heavy atom. The maximum Gasteiger partial charge on any atom is 0.256 e. The molecular weight excluding hydrogens is 494 g/mol. The molecule has 0 aliphatic carbocycles. The van der Waals surface area contributed by atoms with Crippen molar-refractivity contribution in [1.29, 1.82) is 0 Å². The van der Waals surface area contributed by atoms with Crippen LogP contribution in [-0.4, -0.2) is 43.6 Å². The van der Waals surface area contributed by atoms with Crippen LogP contribution in [0.15, 0.2) is 96.0 Å². The predicted molar refractivity (Wildman–Crippen MR) is 152 cm³/mol. The second-order valence-electron chi connectivity index (χ2n) is 9.77. The molecule has 38 heavy (non-hydrogen) atoms. The molecule has 1 aromatic heterocycles. The lowest BCUT2D eigenvalue weighted by Gasteiger charge is -2.26. The van der Waals surface area contributed by atoms with Crippen LogP contribution in [0, 0.1) is 0 Å². The number of amides is 1. The quantitative estimate of drug-likeness (QED) is 0.317. The third-order valence-corrected chi connectivity index (χ3v) is 7.95. The molecule has 3 aromatic carbocycles. The largest absolute Gasteiger partial charge is 0.322 e. The number of rotatable bonds is 7. The zero-order valence-electron chi connectivity index (χ0n) is 21.4. The average molecular weight is 526 g/mol. The van der Waals surface area contributed by atoms with Crippen LogP contribution < -0.4 is 5.32 Å². The number of sulfone groups is 1. The standard InChI is InChI=1S/C31H31N3O3S/c1-38(36,37)27-14-15-28(31(35)33-26-12-8-11-25(20-26)30-13-3-4-16-32-30)29(21-27)24-10-7-9-23(19-24)22-34-17-5-2-6-18-34/h3-4,7-16,19-21H,2,5-6,17-18,22H2,1H3,(H,33,35). The summed E-state index contributed by atoms with van der Waals surface area (Å²) in [6, 6.07) is 26.0. The van der Waals surface area contributed by atoms with E-state index >= 15 is 0 Å². The van der Waals surface area contributed by atoms with Gasteiger partial charge in [0, 0.05) is 35.8 Å². The Bertz CT molecular complexity index is 1550. The Hall–Kier alpha value is -3.81. The summed E-state index contributed by atoms with van der Waals surface area (Å²) in [4.78, 5) is 20.6. The number of nitrogens with one attached hydrogen (secondary N) is 1. The van der Waals surface area contributed by atoms with Crippen molar-refractivity contribution >= 4 is 21.4 Å². The maximum absolute atomic E-state index is 13.5. The first kappa shape index (κ1) is 25.8. The molecule has 1 aliphatic heterocycles. The van der Waals surface area contributed by atoms with Gasteiger partial charge in [0.25, 0.3) is 5.91 Å². The summed E-state index contributed by atoms with van der Waals surface area (Å²) in [6.45, 7) is 3.00. The molecule has 5 rings (SSSR count). The molecule has 0 saturated carbocycles. The number of hydrogen-bond acceptors (Lipinski definition) is 5. The molecule has 194 valence electrons. The number of carbonyl (C=O) groups excluding carboxylic acids is 1. The molecule has 1 aliphatic rings. The van der Waals surface area contributed by atoms with Gasteiger partial charge in [-0.2, -0.15) is 0 Å². The van der Waals surface area contributed by atoms with Crippen molar-refractivity contribution in [1.82, 2.24) is 9.88 Å². The second kappa shape index (κ2) is 11.3. The number of likely N-dealkylation sites (tertiary alicyclic amines) is 1. The zero-order chi connectivity index (χ0) is 26.5. The van der Waals surface area contributed by atoms with Gasteiger partial charge < -0.3 is 5.32 Å². The van der Waals surface area contributed by atoms with E-state index in [-0.39, 0.29) is 10.8 Å². The fourth-order valence-corrected chi connectivity index (χ4v) is 5.54. The first-order chi connectivity index (χ1) is 18.4. The van der Waals surface area contributed by atoms with Crippen LogP contribution in [0.5, 0.6) is 0 Å². The maximum atomic E-state index is 13.5. The van der Waals surface area contributed by atoms with Gasteiger partial charge in [-0.15, -0.1) is 0 Å². The van der Waals surface area contributed by atoms with Gasteiger partial charge in [0.1, 0.15) is 0 Å². The third kappa shape index (κ3) is 6.18. The minimum atomic E-state index is -3.45. The van der Waals surface area contributed by atoms with E-state index < -0.39 is 9.84 Å². The lowest BCUT2D eigenvalue weighted by Crippen LogP contribution is -2.29. The predicted octanol–water partition coefficient (Wildman–Crippen LogP) is 6.06. The smallest absolute Gasteiger partial charge is 0.256 e. The molecule has 6 nitrogen and oxygen atoms in total. The average Bonchev–Trinajstić information content (AvgIpc) is 2.93. The van der Waals surface area contributed by atoms with Gasteiger partial charge in [-0.25, -0.2) is 8.42 Å². The summed E-state index contributed by atoms with van der Waals surface area (Å²) >= 11 is 0. The van der Waals surface area contributed by atoms with E-state index in [2.05, 4.69) is 27.3 Å². The van der Waals surface area contributed by atoms with Gasteiger partial charge in [0.05, 0.1) is 10.6 Å². The molecule has 1 amide bonds. The van der Waals surface area contributed by atoms with Crippen molar-refractivity contribution in [3.05, 3.63) is 102 Å². The van der Waals surface area contributed by atoms with E-state index in [0.29, 0.717) is 16.8 Å². The highest BCUT2D eigenvalue weighted by molar-refractivity contribution is 7.90. The summed E-state index contributed by atoms with van der Waals surface area (Å²) in [5, 5.41) is 2.99. The number of nitrogens with zero attached hydrogens (tertiary/aromatic N) is 2. The van der Waals surface area contributed by atoms with Crippen LogP contribution in [0.1, 0.15) is 35.2 Å². The number of carbonyl (C=O) groups is 1. The van der Waals surface area contributed by atoms with Crippen LogP contribution in [0.4, 0.5) is 5.69 Å². The highest BCUT2D eigenvalue weighted by Gasteiger charge is 2.18. The fraction of sp³-hybridized carbons (Fsp3) is 0.226. The fourth-order valence-electron chi connectivity index (χ4n) is 4.89. The minimum Gasteiger partial charge on any atom is -0.322 e. The van der Waals surface area contributed by atoms with E-state index in [1.165, 1.54) is 31.6 Å². The van der Waals surface area contributed by atoms with Crippen LogP contribution >= 0.6 is 0 Å². The lowest BCUT2D eigenvalue weighted by atomic mass is 9.97. The summed E-state index contributed by atoms with van der Waals surface area (Å²) < 4.78 is 24.8. The number of anilines is 1. The van der Waals surface area contributed by atoms with Crippen LogP contribution in [0.3, 0.4) is 0 Å². The van der Waals surface area contributed by atoms with Crippen LogP contribution in [0.25, 0.3) is 22.4 Å². The second-order valence-corrected chi connectivity index (χ2v) is 11.8. The molecular formula is C31H31N3O3S. The normalized spacial score (nSPS) is 14.2. The molecule has 2 heterocycles. The zero-order valence-corrected chi connectivity index (χ0v) is 22.2. The van der Waals surface area contributed by atoms with Crippen molar-refractivity contribution in [2.75, 3.05) is 24.7 Å². The number of pyridine rings is 1. The van der Waals surface area contributed by atoms with Crippen molar-refractivity contribution in [3.63, 3.8) is 0 Å². The van der Waals surface area contributed by atoms with Gasteiger partial charge in [-0.05, 0) is 91.2 Å². The molecule has 0 spiro atoms. The van der Waals surface area contributed by atoms with Gasteiger partial charge in [0.2, 0.25) is 0 Å². The van der Waals surface area contributed by atoms with Crippen molar-refractivity contribution < 1.29 is 13.2 Å². The third-order valence-electron chi connectivity index (χ3n) is 6.84. The molecule has 0 radical (unpaired) electrons. The van der Waals surface area contributed by atoms with Gasteiger partial charge >= 0.3 is 0 Å². The van der Waals surface area contributed by atoms with Gasteiger partial charge in [-0.1, -0.05) is 42.8 Å². The Morgan fingerprint density at radius 1 is 0.868 bits per heavy atom. The molecule has 7 heteroatoms. The van der Waals surface area contributed by atoms with Crippen LogP contribution in [0.2, 0.25) is 0 Å². The Morgan fingerprint density at radius 3 is 2.42 bits per heavy atom. The highest BCUT2D eigenvalue weighted by atomic mass is 32.2. The first-order valence-electron chi connectivity index (χ1n) is 12.9. The summed E-state index contributed by atoms with van der Waals surface area (Å²) in [6.07, 6.45) is 6.61. The Balaban J connectivity index is 1.47. The van der Waals surface area contributed by atoms with E-state index in [4.69, 9.17) is 0 Å². The molecule has 1 saturated heterocycles. The number of aromatic nitrogens is 1. The molecule has 0 bridgehead atoms. The molecule has 0 atom stereocenters. The lowest BCUT2D eigenvalue weighted by molar-refractivity contribution is 0.102. The van der Waals surface area contributed by atoms with Crippen molar-refractivity contribution in [2.45, 2.75) is 30.7 Å². The SMILES string of the molecule is CS(=O)(=O)c1ccc(C(=O)Nc2cccc(-c3ccccn3)c2)c(-c2cccc(CN3CCCCC3)c2)c1. The van der Waals surface area contributed by atoms with E-state index in [9.17, 15) is 13.2 Å². The van der Waals surface area contributed by atoms with E-state index in [0.717, 1.165) is 42.0 Å². The van der Waals surface area contributed by atoms with Crippen LogP contribution in [-0.2, 0) is 16.4 Å². The monoisotopic (exact) mass is 525 g/mol. The van der Waals surface area contributed by atoms with Crippen molar-refractivity contribution in [2.24, 2.45) is 0 Å². The number of benzene rings is 3. The van der Waals surface area contributed by atoms with E-state index in [1.54, 1.807) is 18.3 Å². The molecule has 4 aromatic rings. The Kier molecular flexibility index (Phi) is 7.67. The minimum absolute atomic E-state index is 0.183. The van der Waals surface area contributed by atoms with E-state index in [1.807, 2.05) is 54.6 Å². The van der Waals surface area contributed by atoms with Gasteiger partial charge in [-0.3, -0.25) is 14.7 Å². The first-order valence-corrected chi connectivity index (χ1v) is 14.7. The molecule has 1 fully saturated rings. The Labute approximate surface area is 224 Å². The summed E-state index contributed by atoms with van der Waals surface area (Å²) in [7, 11) is -3.45. The molecule has 0 unspecified atom stereocenters. The summed E-state index contributed by atoms with van der Waals surface area (Å²) in [5.74, 6) is -0.306. The number of piperidine rings is 1. The topological polar surface area (TPSA) is 79.4 Å². The van der Waals surface area contributed by atoms with Crippen molar-refractivity contribution in [3.8, 4) is 22.4 Å². The van der Waals surface area contributed by atoms with Gasteiger partial charge in [0.15, 0.2) is 9.84 Å². The molecule has 1 N–H and O–H groups in total. The highest BCUT2D eigenvalue weighted by Crippen LogP contribution is 2.30.